The standard InChI is InChI=1S/C21H30N6O2/c28-20(23-12-18-14-26-8-6-22-13-19(26)25-18)21-5-1-2-7-27(21)15-17(11-21)24-16-3-9-29-10-4-16/h6,8,13-14,16-17,24H,1-5,7,9-12,15H2,(H,23,28)/t17-,21+/m0/s1. The van der Waals surface area contributed by atoms with Crippen molar-refractivity contribution >= 4 is 11.6 Å². The number of carbonyl (C=O) groups excluding carboxylic acids is 1. The molecule has 5 heterocycles. The fraction of sp³-hybridized carbons (Fsp3) is 0.667. The minimum absolute atomic E-state index is 0.156. The molecule has 2 aromatic heterocycles. The second-order valence-corrected chi connectivity index (χ2v) is 8.65. The number of nitrogens with zero attached hydrogens (tertiary/aromatic N) is 4. The number of aromatic nitrogens is 3. The van der Waals surface area contributed by atoms with Crippen LogP contribution in [0.5, 0.6) is 0 Å². The van der Waals surface area contributed by atoms with Gasteiger partial charge in [-0.3, -0.25) is 14.7 Å². The minimum Gasteiger partial charge on any atom is -0.381 e. The Morgan fingerprint density at radius 1 is 1.28 bits per heavy atom. The number of hydrogen-bond acceptors (Lipinski definition) is 6. The van der Waals surface area contributed by atoms with Gasteiger partial charge in [-0.2, -0.15) is 0 Å². The van der Waals surface area contributed by atoms with Crippen LogP contribution < -0.4 is 10.6 Å². The SMILES string of the molecule is O=C(NCc1cn2ccncc2n1)[C@]12CCCCN1C[C@@H](NC1CCOCC1)C2. The molecule has 2 aromatic rings. The second kappa shape index (κ2) is 8.01. The molecule has 0 unspecified atom stereocenters. The maximum absolute atomic E-state index is 13.4. The van der Waals surface area contributed by atoms with E-state index in [1.54, 1.807) is 12.4 Å². The van der Waals surface area contributed by atoms with Crippen molar-refractivity contribution in [2.75, 3.05) is 26.3 Å². The van der Waals surface area contributed by atoms with Crippen LogP contribution in [0.4, 0.5) is 0 Å². The fourth-order valence-corrected chi connectivity index (χ4v) is 5.30. The third kappa shape index (κ3) is 3.76. The molecule has 0 bridgehead atoms. The van der Waals surface area contributed by atoms with Crippen LogP contribution in [-0.2, 0) is 16.1 Å². The van der Waals surface area contributed by atoms with Gasteiger partial charge in [0.2, 0.25) is 5.91 Å². The Morgan fingerprint density at radius 3 is 3.03 bits per heavy atom. The summed E-state index contributed by atoms with van der Waals surface area (Å²) in [6.07, 6.45) is 13.6. The molecule has 5 rings (SSSR count). The van der Waals surface area contributed by atoms with Crippen LogP contribution in [0.15, 0.2) is 24.8 Å². The lowest BCUT2D eigenvalue weighted by Crippen LogP contribution is -2.57. The van der Waals surface area contributed by atoms with Crippen molar-refractivity contribution in [3.63, 3.8) is 0 Å². The second-order valence-electron chi connectivity index (χ2n) is 8.65. The average molecular weight is 399 g/mol. The lowest BCUT2D eigenvalue weighted by Gasteiger charge is -2.40. The molecule has 0 aromatic carbocycles. The maximum Gasteiger partial charge on any atom is 0.240 e. The normalized spacial score (nSPS) is 28.5. The van der Waals surface area contributed by atoms with Crippen molar-refractivity contribution in [1.29, 1.82) is 0 Å². The van der Waals surface area contributed by atoms with Crippen LogP contribution in [0, 0.1) is 0 Å². The number of nitrogens with one attached hydrogen (secondary N) is 2. The van der Waals surface area contributed by atoms with E-state index in [-0.39, 0.29) is 11.4 Å². The zero-order chi connectivity index (χ0) is 19.7. The van der Waals surface area contributed by atoms with Gasteiger partial charge in [-0.15, -0.1) is 0 Å². The van der Waals surface area contributed by atoms with E-state index < -0.39 is 0 Å². The Hall–Kier alpha value is -2.03. The number of amides is 1. The molecule has 8 nitrogen and oxygen atoms in total. The minimum atomic E-state index is -0.373. The van der Waals surface area contributed by atoms with Gasteiger partial charge in [0, 0.05) is 50.4 Å². The van der Waals surface area contributed by atoms with Gasteiger partial charge in [-0.25, -0.2) is 4.98 Å². The highest BCUT2D eigenvalue weighted by atomic mass is 16.5. The molecule has 1 amide bonds. The topological polar surface area (TPSA) is 83.8 Å². The third-order valence-electron chi connectivity index (χ3n) is 6.76. The molecule has 0 aliphatic carbocycles. The van der Waals surface area contributed by atoms with Crippen LogP contribution in [-0.4, -0.2) is 69.1 Å². The van der Waals surface area contributed by atoms with E-state index >= 15 is 0 Å². The number of ether oxygens (including phenoxy) is 1. The zero-order valence-corrected chi connectivity index (χ0v) is 16.8. The number of carbonyl (C=O) groups is 1. The highest BCUT2D eigenvalue weighted by Crippen LogP contribution is 2.38. The molecule has 3 fully saturated rings. The molecular weight excluding hydrogens is 368 g/mol. The quantitative estimate of drug-likeness (QED) is 0.785. The Balaban J connectivity index is 1.25. The third-order valence-corrected chi connectivity index (χ3v) is 6.76. The first-order valence-electron chi connectivity index (χ1n) is 10.9. The first kappa shape index (κ1) is 19.0. The molecule has 0 saturated carbocycles. The van der Waals surface area contributed by atoms with Gasteiger partial charge in [0.05, 0.1) is 18.4 Å². The lowest BCUT2D eigenvalue weighted by molar-refractivity contribution is -0.134. The first-order valence-corrected chi connectivity index (χ1v) is 10.9. The molecule has 3 saturated heterocycles. The van der Waals surface area contributed by atoms with E-state index in [0.717, 1.165) is 69.7 Å². The summed E-state index contributed by atoms with van der Waals surface area (Å²) in [6, 6.07) is 0.894. The average Bonchev–Trinajstić information content (AvgIpc) is 3.34. The van der Waals surface area contributed by atoms with Gasteiger partial charge < -0.3 is 19.8 Å². The van der Waals surface area contributed by atoms with E-state index in [2.05, 4.69) is 25.5 Å². The highest BCUT2D eigenvalue weighted by molar-refractivity contribution is 5.87. The van der Waals surface area contributed by atoms with Gasteiger partial charge in [-0.05, 0) is 45.1 Å². The number of imidazole rings is 1. The van der Waals surface area contributed by atoms with Gasteiger partial charge in [0.1, 0.15) is 5.54 Å². The van der Waals surface area contributed by atoms with Crippen LogP contribution in [0.3, 0.4) is 0 Å². The van der Waals surface area contributed by atoms with E-state index in [9.17, 15) is 4.79 Å². The molecule has 29 heavy (non-hydrogen) atoms. The van der Waals surface area contributed by atoms with E-state index in [1.807, 2.05) is 16.8 Å². The van der Waals surface area contributed by atoms with Crippen molar-refractivity contribution < 1.29 is 9.53 Å². The molecule has 2 atom stereocenters. The van der Waals surface area contributed by atoms with Crippen molar-refractivity contribution in [1.82, 2.24) is 29.9 Å². The first-order chi connectivity index (χ1) is 14.2. The zero-order valence-electron chi connectivity index (χ0n) is 16.8. The molecule has 3 aliphatic rings. The van der Waals surface area contributed by atoms with Gasteiger partial charge >= 0.3 is 0 Å². The monoisotopic (exact) mass is 398 g/mol. The van der Waals surface area contributed by atoms with Crippen molar-refractivity contribution in [3.05, 3.63) is 30.5 Å². The van der Waals surface area contributed by atoms with E-state index in [4.69, 9.17) is 4.74 Å². The summed E-state index contributed by atoms with van der Waals surface area (Å²) in [5.41, 5.74) is 1.29. The van der Waals surface area contributed by atoms with E-state index in [0.29, 0.717) is 18.6 Å². The lowest BCUT2D eigenvalue weighted by atomic mass is 9.84. The summed E-state index contributed by atoms with van der Waals surface area (Å²) in [7, 11) is 0. The Bertz CT molecular complexity index is 831. The molecule has 0 spiro atoms. The molecule has 8 heteroatoms. The maximum atomic E-state index is 13.4. The summed E-state index contributed by atoms with van der Waals surface area (Å²) in [6.45, 7) is 4.11. The predicted molar refractivity (Wildman–Crippen MR) is 108 cm³/mol. The Labute approximate surface area is 171 Å². The smallest absolute Gasteiger partial charge is 0.240 e. The predicted octanol–water partition coefficient (Wildman–Crippen LogP) is 1.11. The molecular formula is C21H30N6O2. The Morgan fingerprint density at radius 2 is 2.17 bits per heavy atom. The highest BCUT2D eigenvalue weighted by Gasteiger charge is 2.51. The molecule has 3 aliphatic heterocycles. The summed E-state index contributed by atoms with van der Waals surface area (Å²) in [4.78, 5) is 24.5. The summed E-state index contributed by atoms with van der Waals surface area (Å²) in [5, 5.41) is 7.01. The summed E-state index contributed by atoms with van der Waals surface area (Å²) >= 11 is 0. The van der Waals surface area contributed by atoms with E-state index in [1.165, 1.54) is 6.42 Å². The molecule has 2 N–H and O–H groups in total. The number of hydrogen-bond donors (Lipinski definition) is 2. The van der Waals surface area contributed by atoms with Crippen molar-refractivity contribution in [2.24, 2.45) is 0 Å². The molecule has 0 radical (unpaired) electrons. The van der Waals surface area contributed by atoms with Gasteiger partial charge in [0.15, 0.2) is 5.65 Å². The summed E-state index contributed by atoms with van der Waals surface area (Å²) < 4.78 is 7.42. The number of fused-ring (bicyclic) bond motifs is 2. The molecule has 156 valence electrons. The largest absolute Gasteiger partial charge is 0.381 e. The Kier molecular flexibility index (Phi) is 5.24. The van der Waals surface area contributed by atoms with Crippen LogP contribution in [0.1, 0.15) is 44.2 Å². The van der Waals surface area contributed by atoms with Crippen molar-refractivity contribution in [2.45, 2.75) is 62.7 Å². The van der Waals surface area contributed by atoms with Gasteiger partial charge in [0.25, 0.3) is 0 Å². The van der Waals surface area contributed by atoms with Crippen LogP contribution in [0.25, 0.3) is 5.65 Å². The summed E-state index contributed by atoms with van der Waals surface area (Å²) in [5.74, 6) is 0.156. The number of piperidine rings is 1. The van der Waals surface area contributed by atoms with Crippen molar-refractivity contribution in [3.8, 4) is 0 Å². The van der Waals surface area contributed by atoms with Crippen LogP contribution in [0.2, 0.25) is 0 Å². The van der Waals surface area contributed by atoms with Gasteiger partial charge in [-0.1, -0.05) is 0 Å². The number of rotatable bonds is 5. The van der Waals surface area contributed by atoms with Crippen LogP contribution >= 0.6 is 0 Å². The fourth-order valence-electron chi connectivity index (χ4n) is 5.30.